The standard InChI is InChI=1S/C19H20N2O5/c1-12-5-6-13(19(24)25-2)8-16(12)20-18(23)14-9-17(22)21(10-14)11-15-4-3-7-26-15/h3-8,14H,9-11H2,1-2H3,(H,20,23). The predicted molar refractivity (Wildman–Crippen MR) is 93.4 cm³/mol. The molecule has 1 unspecified atom stereocenters. The molecule has 2 heterocycles. The van der Waals surface area contributed by atoms with E-state index < -0.39 is 11.9 Å². The number of likely N-dealkylation sites (tertiary alicyclic amines) is 1. The molecule has 1 aliphatic rings. The van der Waals surface area contributed by atoms with Crippen molar-refractivity contribution in [2.24, 2.45) is 5.92 Å². The molecular formula is C19H20N2O5. The van der Waals surface area contributed by atoms with Crippen molar-refractivity contribution >= 4 is 23.5 Å². The molecule has 0 bridgehead atoms. The van der Waals surface area contributed by atoms with E-state index in [0.29, 0.717) is 30.1 Å². The number of hydrogen-bond acceptors (Lipinski definition) is 5. The molecule has 2 amide bonds. The second kappa shape index (κ2) is 7.43. The number of furan rings is 1. The third kappa shape index (κ3) is 3.77. The number of ether oxygens (including phenoxy) is 1. The molecule has 0 aliphatic carbocycles. The lowest BCUT2D eigenvalue weighted by molar-refractivity contribution is -0.128. The molecule has 3 rings (SSSR count). The topological polar surface area (TPSA) is 88.8 Å². The van der Waals surface area contributed by atoms with Crippen LogP contribution in [0.25, 0.3) is 0 Å². The van der Waals surface area contributed by atoms with Gasteiger partial charge in [0.05, 0.1) is 31.4 Å². The minimum Gasteiger partial charge on any atom is -0.467 e. The van der Waals surface area contributed by atoms with E-state index in [4.69, 9.17) is 9.15 Å². The molecule has 1 aliphatic heterocycles. The fraction of sp³-hybridized carbons (Fsp3) is 0.316. The van der Waals surface area contributed by atoms with E-state index in [1.807, 2.05) is 6.92 Å². The van der Waals surface area contributed by atoms with Crippen molar-refractivity contribution in [2.75, 3.05) is 19.0 Å². The van der Waals surface area contributed by atoms with Gasteiger partial charge in [-0.3, -0.25) is 9.59 Å². The number of nitrogens with one attached hydrogen (secondary N) is 1. The summed E-state index contributed by atoms with van der Waals surface area (Å²) >= 11 is 0. The first-order chi connectivity index (χ1) is 12.5. The zero-order valence-corrected chi connectivity index (χ0v) is 14.7. The molecule has 1 aromatic carbocycles. The van der Waals surface area contributed by atoms with E-state index in [9.17, 15) is 14.4 Å². The largest absolute Gasteiger partial charge is 0.467 e. The first-order valence-electron chi connectivity index (χ1n) is 8.28. The van der Waals surface area contributed by atoms with E-state index in [0.717, 1.165) is 5.56 Å². The van der Waals surface area contributed by atoms with Crippen molar-refractivity contribution < 1.29 is 23.5 Å². The zero-order chi connectivity index (χ0) is 18.7. The van der Waals surface area contributed by atoms with Crippen molar-refractivity contribution in [2.45, 2.75) is 19.9 Å². The number of rotatable bonds is 5. The Labute approximate surface area is 150 Å². The zero-order valence-electron chi connectivity index (χ0n) is 14.7. The van der Waals surface area contributed by atoms with Gasteiger partial charge in [0.15, 0.2) is 0 Å². The van der Waals surface area contributed by atoms with Gasteiger partial charge in [-0.25, -0.2) is 4.79 Å². The summed E-state index contributed by atoms with van der Waals surface area (Å²) < 4.78 is 9.96. The third-order valence-electron chi connectivity index (χ3n) is 4.43. The van der Waals surface area contributed by atoms with Gasteiger partial charge in [-0.2, -0.15) is 0 Å². The summed E-state index contributed by atoms with van der Waals surface area (Å²) in [6.45, 7) is 2.52. The highest BCUT2D eigenvalue weighted by Crippen LogP contribution is 2.24. The third-order valence-corrected chi connectivity index (χ3v) is 4.43. The minimum atomic E-state index is -0.471. The Kier molecular flexibility index (Phi) is 5.06. The van der Waals surface area contributed by atoms with E-state index in [1.165, 1.54) is 7.11 Å². The maximum absolute atomic E-state index is 12.6. The first kappa shape index (κ1) is 17.7. The number of anilines is 1. The van der Waals surface area contributed by atoms with Gasteiger partial charge in [-0.1, -0.05) is 6.07 Å². The van der Waals surface area contributed by atoms with Gasteiger partial charge < -0.3 is 19.4 Å². The molecule has 1 aromatic heterocycles. The normalized spacial score (nSPS) is 16.6. The highest BCUT2D eigenvalue weighted by Gasteiger charge is 2.34. The highest BCUT2D eigenvalue weighted by molar-refractivity contribution is 5.99. The number of hydrogen-bond donors (Lipinski definition) is 1. The quantitative estimate of drug-likeness (QED) is 0.831. The summed E-state index contributed by atoms with van der Waals surface area (Å²) in [6, 6.07) is 8.52. The van der Waals surface area contributed by atoms with Crippen molar-refractivity contribution in [3.8, 4) is 0 Å². The molecule has 136 valence electrons. The van der Waals surface area contributed by atoms with Crippen molar-refractivity contribution in [1.82, 2.24) is 4.90 Å². The number of aryl methyl sites for hydroxylation is 1. The summed E-state index contributed by atoms with van der Waals surface area (Å²) in [5.74, 6) is -0.562. The fourth-order valence-corrected chi connectivity index (χ4v) is 2.93. The summed E-state index contributed by atoms with van der Waals surface area (Å²) in [5.41, 5.74) is 1.72. The molecule has 1 atom stereocenters. The number of benzene rings is 1. The Hall–Kier alpha value is -3.09. The predicted octanol–water partition coefficient (Wildman–Crippen LogP) is 2.36. The Morgan fingerprint density at radius 2 is 2.15 bits per heavy atom. The van der Waals surface area contributed by atoms with Crippen LogP contribution in [0.5, 0.6) is 0 Å². The van der Waals surface area contributed by atoms with E-state index in [1.54, 1.807) is 41.5 Å². The van der Waals surface area contributed by atoms with Crippen LogP contribution in [0.2, 0.25) is 0 Å². The van der Waals surface area contributed by atoms with Crippen molar-refractivity contribution in [3.05, 3.63) is 53.5 Å². The number of esters is 1. The van der Waals surface area contributed by atoms with Crippen LogP contribution in [0, 0.1) is 12.8 Å². The molecule has 26 heavy (non-hydrogen) atoms. The second-order valence-electron chi connectivity index (χ2n) is 6.27. The number of nitrogens with zero attached hydrogens (tertiary/aromatic N) is 1. The van der Waals surface area contributed by atoms with Crippen LogP contribution < -0.4 is 5.32 Å². The maximum atomic E-state index is 12.6. The average Bonchev–Trinajstić information content (AvgIpc) is 3.27. The van der Waals surface area contributed by atoms with Crippen molar-refractivity contribution in [3.63, 3.8) is 0 Å². The van der Waals surface area contributed by atoms with Crippen molar-refractivity contribution in [1.29, 1.82) is 0 Å². The SMILES string of the molecule is COC(=O)c1ccc(C)c(NC(=O)C2CC(=O)N(Cc3ccco3)C2)c1. The van der Waals surface area contributed by atoms with Crippen LogP contribution in [0.15, 0.2) is 41.0 Å². The molecule has 1 N–H and O–H groups in total. The molecule has 0 saturated carbocycles. The van der Waals surface area contributed by atoms with Gasteiger partial charge in [-0.15, -0.1) is 0 Å². The first-order valence-corrected chi connectivity index (χ1v) is 8.28. The number of carbonyl (C=O) groups is 3. The van der Waals surface area contributed by atoms with Crippen LogP contribution in [0.3, 0.4) is 0 Å². The van der Waals surface area contributed by atoms with Crippen LogP contribution >= 0.6 is 0 Å². The second-order valence-corrected chi connectivity index (χ2v) is 6.27. The molecule has 0 radical (unpaired) electrons. The molecule has 1 fully saturated rings. The van der Waals surface area contributed by atoms with Gasteiger partial charge in [0, 0.05) is 18.7 Å². The van der Waals surface area contributed by atoms with Crippen LogP contribution in [0.1, 0.15) is 28.1 Å². The van der Waals surface area contributed by atoms with Gasteiger partial charge in [0.1, 0.15) is 5.76 Å². The summed E-state index contributed by atoms with van der Waals surface area (Å²) in [7, 11) is 1.30. The molecule has 7 heteroatoms. The Morgan fingerprint density at radius 3 is 2.85 bits per heavy atom. The minimum absolute atomic E-state index is 0.0819. The number of carbonyl (C=O) groups excluding carboxylic acids is 3. The van der Waals surface area contributed by atoms with E-state index in [-0.39, 0.29) is 18.2 Å². The molecule has 2 aromatic rings. The van der Waals surface area contributed by atoms with Gasteiger partial charge in [0.2, 0.25) is 11.8 Å². The van der Waals surface area contributed by atoms with Crippen LogP contribution in [-0.2, 0) is 20.9 Å². The van der Waals surface area contributed by atoms with Gasteiger partial charge >= 0.3 is 5.97 Å². The average molecular weight is 356 g/mol. The summed E-state index contributed by atoms with van der Waals surface area (Å²) in [5, 5.41) is 2.82. The summed E-state index contributed by atoms with van der Waals surface area (Å²) in [6.07, 6.45) is 1.71. The number of methoxy groups -OCH3 is 1. The molecule has 1 saturated heterocycles. The van der Waals surface area contributed by atoms with Crippen LogP contribution in [0.4, 0.5) is 5.69 Å². The Bertz CT molecular complexity index is 828. The Balaban J connectivity index is 1.67. The smallest absolute Gasteiger partial charge is 0.337 e. The monoisotopic (exact) mass is 356 g/mol. The molecule has 7 nitrogen and oxygen atoms in total. The van der Waals surface area contributed by atoms with Gasteiger partial charge in [0.25, 0.3) is 0 Å². The lowest BCUT2D eigenvalue weighted by Gasteiger charge is -2.16. The lowest BCUT2D eigenvalue weighted by atomic mass is 10.1. The fourth-order valence-electron chi connectivity index (χ4n) is 2.93. The maximum Gasteiger partial charge on any atom is 0.337 e. The Morgan fingerprint density at radius 1 is 1.35 bits per heavy atom. The summed E-state index contributed by atoms with van der Waals surface area (Å²) in [4.78, 5) is 38.0. The van der Waals surface area contributed by atoms with Crippen LogP contribution in [-0.4, -0.2) is 36.3 Å². The van der Waals surface area contributed by atoms with E-state index in [2.05, 4.69) is 5.32 Å². The highest BCUT2D eigenvalue weighted by atomic mass is 16.5. The van der Waals surface area contributed by atoms with Gasteiger partial charge in [-0.05, 0) is 36.8 Å². The van der Waals surface area contributed by atoms with E-state index >= 15 is 0 Å². The molecule has 0 spiro atoms. The number of amides is 2. The molecular weight excluding hydrogens is 336 g/mol. The lowest BCUT2D eigenvalue weighted by Crippen LogP contribution is -2.28.